The molecule has 0 unspecified atom stereocenters. The minimum absolute atomic E-state index is 0.752. The van der Waals surface area contributed by atoms with Gasteiger partial charge in [-0.05, 0) is 49.4 Å². The zero-order chi connectivity index (χ0) is 19.3. The topological polar surface area (TPSA) is 54.9 Å². The van der Waals surface area contributed by atoms with Crippen LogP contribution in [0.4, 0.5) is 0 Å². The quantitative estimate of drug-likeness (QED) is 0.383. The molecule has 0 aliphatic carbocycles. The molecular weight excluding hydrogens is 338 g/mol. The van der Waals surface area contributed by atoms with E-state index in [0.717, 1.165) is 56.4 Å². The van der Waals surface area contributed by atoms with Gasteiger partial charge in [0.15, 0.2) is 17.5 Å². The molecule has 0 atom stereocenters. The molecule has 27 heavy (non-hydrogen) atoms. The Balaban J connectivity index is 1.79. The Morgan fingerprint density at radius 2 is 1.67 bits per heavy atom. The van der Waals surface area contributed by atoms with Crippen molar-refractivity contribution in [1.82, 2.24) is 10.6 Å². The number of nitrogens with one attached hydrogen (secondary N) is 2. The summed E-state index contributed by atoms with van der Waals surface area (Å²) in [5.41, 5.74) is 2.55. The average molecular weight is 370 g/mol. The lowest BCUT2D eigenvalue weighted by atomic mass is 10.1. The van der Waals surface area contributed by atoms with E-state index in [2.05, 4.69) is 52.9 Å². The van der Waals surface area contributed by atoms with E-state index in [1.807, 2.05) is 18.2 Å². The fourth-order valence-corrected chi connectivity index (χ4v) is 2.82. The smallest absolute Gasteiger partial charge is 0.191 e. The molecule has 0 fully saturated rings. The Labute approximate surface area is 162 Å². The molecule has 2 N–H and O–H groups in total. The number of rotatable bonds is 10. The fraction of sp³-hybridized carbons (Fsp3) is 0.409. The van der Waals surface area contributed by atoms with Crippen molar-refractivity contribution in [3.05, 3.63) is 59.7 Å². The standard InChI is InChI=1S/C22H31N3O2/c1-4-23-22(24-15-8-11-18-9-6-5-7-10-18)25-16-14-19-12-13-20(26-2)21(17-19)27-3/h5-7,9-10,12-13,17H,4,8,11,14-16H2,1-3H3,(H2,23,24,25). The Morgan fingerprint density at radius 1 is 0.889 bits per heavy atom. The Hall–Kier alpha value is -2.69. The minimum atomic E-state index is 0.752. The third-order valence-corrected chi connectivity index (χ3v) is 4.23. The number of methoxy groups -OCH3 is 2. The van der Waals surface area contributed by atoms with Crippen molar-refractivity contribution in [3.8, 4) is 11.5 Å². The van der Waals surface area contributed by atoms with Crippen molar-refractivity contribution in [3.63, 3.8) is 0 Å². The monoisotopic (exact) mass is 369 g/mol. The van der Waals surface area contributed by atoms with Gasteiger partial charge in [-0.3, -0.25) is 4.99 Å². The summed E-state index contributed by atoms with van der Waals surface area (Å²) < 4.78 is 10.6. The van der Waals surface area contributed by atoms with E-state index in [9.17, 15) is 0 Å². The summed E-state index contributed by atoms with van der Waals surface area (Å²) in [5.74, 6) is 2.38. The van der Waals surface area contributed by atoms with Crippen LogP contribution in [0.1, 0.15) is 24.5 Å². The molecule has 5 heteroatoms. The number of aliphatic imine (C=N–C) groups is 1. The summed E-state index contributed by atoms with van der Waals surface area (Å²) in [7, 11) is 3.31. The highest BCUT2D eigenvalue weighted by Crippen LogP contribution is 2.27. The van der Waals surface area contributed by atoms with E-state index in [-0.39, 0.29) is 0 Å². The maximum absolute atomic E-state index is 5.36. The molecule has 0 radical (unpaired) electrons. The lowest BCUT2D eigenvalue weighted by Crippen LogP contribution is -2.38. The third kappa shape index (κ3) is 7.21. The molecule has 146 valence electrons. The molecule has 0 heterocycles. The van der Waals surface area contributed by atoms with Gasteiger partial charge in [0, 0.05) is 19.6 Å². The lowest BCUT2D eigenvalue weighted by Gasteiger charge is -2.12. The Morgan fingerprint density at radius 3 is 2.37 bits per heavy atom. The van der Waals surface area contributed by atoms with Crippen LogP contribution in [0.3, 0.4) is 0 Å². The SMILES string of the molecule is CCNC(=NCCCc1ccccc1)NCCc1ccc(OC)c(OC)c1. The summed E-state index contributed by atoms with van der Waals surface area (Å²) in [6.07, 6.45) is 2.97. The second-order valence-electron chi connectivity index (χ2n) is 6.22. The van der Waals surface area contributed by atoms with Crippen molar-refractivity contribution < 1.29 is 9.47 Å². The van der Waals surface area contributed by atoms with Gasteiger partial charge in [0.05, 0.1) is 14.2 Å². The van der Waals surface area contributed by atoms with Crippen LogP contribution in [0.2, 0.25) is 0 Å². The van der Waals surface area contributed by atoms with Crippen LogP contribution in [-0.2, 0) is 12.8 Å². The van der Waals surface area contributed by atoms with Gasteiger partial charge in [0.1, 0.15) is 0 Å². The predicted molar refractivity (Wildman–Crippen MR) is 112 cm³/mol. The fourth-order valence-electron chi connectivity index (χ4n) is 2.82. The maximum Gasteiger partial charge on any atom is 0.191 e. The number of nitrogens with zero attached hydrogens (tertiary/aromatic N) is 1. The van der Waals surface area contributed by atoms with Crippen LogP contribution in [-0.4, -0.2) is 39.8 Å². The van der Waals surface area contributed by atoms with Gasteiger partial charge in [-0.2, -0.15) is 0 Å². The number of guanidine groups is 1. The van der Waals surface area contributed by atoms with Gasteiger partial charge in [-0.15, -0.1) is 0 Å². The zero-order valence-corrected chi connectivity index (χ0v) is 16.6. The second-order valence-corrected chi connectivity index (χ2v) is 6.22. The molecular formula is C22H31N3O2. The van der Waals surface area contributed by atoms with Gasteiger partial charge < -0.3 is 20.1 Å². The number of hydrogen-bond donors (Lipinski definition) is 2. The Bertz CT molecular complexity index is 702. The molecule has 0 amide bonds. The highest BCUT2D eigenvalue weighted by atomic mass is 16.5. The molecule has 0 saturated carbocycles. The summed E-state index contributed by atoms with van der Waals surface area (Å²) in [6.45, 7) is 4.54. The van der Waals surface area contributed by atoms with E-state index in [4.69, 9.17) is 9.47 Å². The molecule has 2 rings (SSSR count). The van der Waals surface area contributed by atoms with Crippen LogP contribution in [0, 0.1) is 0 Å². The van der Waals surface area contributed by atoms with E-state index in [1.54, 1.807) is 14.2 Å². The van der Waals surface area contributed by atoms with Gasteiger partial charge in [0.25, 0.3) is 0 Å². The molecule has 5 nitrogen and oxygen atoms in total. The highest BCUT2D eigenvalue weighted by molar-refractivity contribution is 5.79. The normalized spacial score (nSPS) is 11.1. The second kappa shape index (κ2) is 11.8. The van der Waals surface area contributed by atoms with E-state index >= 15 is 0 Å². The highest BCUT2D eigenvalue weighted by Gasteiger charge is 2.05. The van der Waals surface area contributed by atoms with E-state index in [1.165, 1.54) is 11.1 Å². The maximum atomic E-state index is 5.36. The molecule has 2 aromatic carbocycles. The summed E-state index contributed by atoms with van der Waals surface area (Å²) in [5, 5.41) is 6.70. The molecule has 0 aliphatic rings. The summed E-state index contributed by atoms with van der Waals surface area (Å²) >= 11 is 0. The van der Waals surface area contributed by atoms with Crippen LogP contribution < -0.4 is 20.1 Å². The van der Waals surface area contributed by atoms with Gasteiger partial charge in [-0.1, -0.05) is 36.4 Å². The molecule has 0 aliphatic heterocycles. The van der Waals surface area contributed by atoms with Crippen molar-refractivity contribution >= 4 is 5.96 Å². The molecule has 0 aromatic heterocycles. The predicted octanol–water partition coefficient (Wildman–Crippen LogP) is 3.43. The third-order valence-electron chi connectivity index (χ3n) is 4.23. The largest absolute Gasteiger partial charge is 0.493 e. The minimum Gasteiger partial charge on any atom is -0.493 e. The summed E-state index contributed by atoms with van der Waals surface area (Å²) in [4.78, 5) is 4.67. The van der Waals surface area contributed by atoms with Crippen molar-refractivity contribution in [1.29, 1.82) is 0 Å². The van der Waals surface area contributed by atoms with Crippen molar-refractivity contribution in [2.75, 3.05) is 33.9 Å². The number of benzene rings is 2. The first-order valence-corrected chi connectivity index (χ1v) is 9.53. The zero-order valence-electron chi connectivity index (χ0n) is 16.6. The Kier molecular flexibility index (Phi) is 9.04. The van der Waals surface area contributed by atoms with Crippen LogP contribution >= 0.6 is 0 Å². The molecule has 0 spiro atoms. The lowest BCUT2D eigenvalue weighted by molar-refractivity contribution is 0.354. The van der Waals surface area contributed by atoms with E-state index in [0.29, 0.717) is 0 Å². The van der Waals surface area contributed by atoms with E-state index < -0.39 is 0 Å². The molecule has 0 saturated heterocycles. The van der Waals surface area contributed by atoms with Crippen molar-refractivity contribution in [2.45, 2.75) is 26.2 Å². The first-order chi connectivity index (χ1) is 13.3. The molecule has 0 bridgehead atoms. The van der Waals surface area contributed by atoms with Crippen molar-refractivity contribution in [2.24, 2.45) is 4.99 Å². The van der Waals surface area contributed by atoms with Crippen LogP contribution in [0.25, 0.3) is 0 Å². The number of hydrogen-bond acceptors (Lipinski definition) is 3. The summed E-state index contributed by atoms with van der Waals surface area (Å²) in [6, 6.07) is 16.6. The van der Waals surface area contributed by atoms with Gasteiger partial charge in [-0.25, -0.2) is 0 Å². The first-order valence-electron chi connectivity index (χ1n) is 9.53. The number of aryl methyl sites for hydroxylation is 1. The van der Waals surface area contributed by atoms with Gasteiger partial charge >= 0.3 is 0 Å². The molecule has 2 aromatic rings. The average Bonchev–Trinajstić information content (AvgIpc) is 2.71. The van der Waals surface area contributed by atoms with Gasteiger partial charge in [0.2, 0.25) is 0 Å². The first kappa shape index (κ1) is 20.6. The van der Waals surface area contributed by atoms with Crippen LogP contribution in [0.15, 0.2) is 53.5 Å². The van der Waals surface area contributed by atoms with Crippen LogP contribution in [0.5, 0.6) is 11.5 Å². The number of ether oxygens (including phenoxy) is 2.